The van der Waals surface area contributed by atoms with Gasteiger partial charge in [0.15, 0.2) is 5.96 Å². The molecular formula is C16H26N4. The first-order valence-electron chi connectivity index (χ1n) is 6.98. The van der Waals surface area contributed by atoms with Gasteiger partial charge in [-0.25, -0.2) is 4.99 Å². The van der Waals surface area contributed by atoms with Gasteiger partial charge in [0.05, 0.1) is 6.54 Å². The lowest BCUT2D eigenvalue weighted by molar-refractivity contribution is 0.322. The summed E-state index contributed by atoms with van der Waals surface area (Å²) in [7, 11) is 2.13. The van der Waals surface area contributed by atoms with Crippen LogP contribution in [-0.2, 0) is 6.54 Å². The van der Waals surface area contributed by atoms with E-state index in [1.54, 1.807) is 0 Å². The third kappa shape index (κ3) is 7.59. The van der Waals surface area contributed by atoms with Gasteiger partial charge in [0.2, 0.25) is 0 Å². The second-order valence-corrected chi connectivity index (χ2v) is 5.16. The van der Waals surface area contributed by atoms with Crippen LogP contribution in [0.25, 0.3) is 0 Å². The van der Waals surface area contributed by atoms with Gasteiger partial charge < -0.3 is 16.0 Å². The number of hydrogen-bond acceptors (Lipinski definition) is 2. The summed E-state index contributed by atoms with van der Waals surface area (Å²) in [5.41, 5.74) is 8.10. The monoisotopic (exact) mass is 274 g/mol. The third-order valence-electron chi connectivity index (χ3n) is 2.84. The number of guanidine groups is 1. The molecule has 0 heterocycles. The molecule has 4 nitrogen and oxygen atoms in total. The van der Waals surface area contributed by atoms with Gasteiger partial charge in [0.1, 0.15) is 0 Å². The lowest BCUT2D eigenvalue weighted by Gasteiger charge is -2.16. The normalized spacial score (nSPS) is 11.7. The molecule has 4 heteroatoms. The minimum Gasteiger partial charge on any atom is -0.370 e. The summed E-state index contributed by atoms with van der Waals surface area (Å²) >= 11 is 0. The van der Waals surface area contributed by atoms with Crippen molar-refractivity contribution >= 4 is 5.96 Å². The number of nitrogens with one attached hydrogen (secondary N) is 1. The number of aliphatic imine (C=N–C) groups is 1. The van der Waals surface area contributed by atoms with Crippen LogP contribution in [0.3, 0.4) is 0 Å². The van der Waals surface area contributed by atoms with E-state index < -0.39 is 0 Å². The van der Waals surface area contributed by atoms with Crippen LogP contribution in [0.1, 0.15) is 18.9 Å². The largest absolute Gasteiger partial charge is 0.370 e. The second kappa shape index (κ2) is 9.15. The Hall–Kier alpha value is -1.81. The van der Waals surface area contributed by atoms with Crippen LogP contribution in [0.4, 0.5) is 0 Å². The minimum absolute atomic E-state index is 0.499. The van der Waals surface area contributed by atoms with Crippen molar-refractivity contribution in [2.45, 2.75) is 19.9 Å². The highest BCUT2D eigenvalue weighted by atomic mass is 15.1. The molecule has 0 unspecified atom stereocenters. The fourth-order valence-corrected chi connectivity index (χ4v) is 1.82. The predicted molar refractivity (Wildman–Crippen MR) is 86.7 cm³/mol. The summed E-state index contributed by atoms with van der Waals surface area (Å²) in [4.78, 5) is 6.48. The Labute approximate surface area is 122 Å². The molecule has 0 atom stereocenters. The Morgan fingerprint density at radius 1 is 1.35 bits per heavy atom. The van der Waals surface area contributed by atoms with E-state index >= 15 is 0 Å². The highest BCUT2D eigenvalue weighted by Gasteiger charge is 1.99. The summed E-state index contributed by atoms with van der Waals surface area (Å²) < 4.78 is 0. The zero-order valence-electron chi connectivity index (χ0n) is 12.6. The van der Waals surface area contributed by atoms with Crippen LogP contribution in [-0.4, -0.2) is 37.5 Å². The van der Waals surface area contributed by atoms with Gasteiger partial charge >= 0.3 is 0 Å². The van der Waals surface area contributed by atoms with Crippen LogP contribution in [0.15, 0.2) is 47.5 Å². The van der Waals surface area contributed by atoms with Crippen molar-refractivity contribution in [3.63, 3.8) is 0 Å². The highest BCUT2D eigenvalue weighted by Crippen LogP contribution is 2.02. The Morgan fingerprint density at radius 2 is 2.05 bits per heavy atom. The molecule has 0 aliphatic rings. The van der Waals surface area contributed by atoms with Gasteiger partial charge in [-0.1, -0.05) is 42.5 Å². The number of hydrogen-bond donors (Lipinski definition) is 2. The maximum absolute atomic E-state index is 5.75. The minimum atomic E-state index is 0.499. The van der Waals surface area contributed by atoms with Crippen molar-refractivity contribution in [1.82, 2.24) is 10.2 Å². The smallest absolute Gasteiger partial charge is 0.188 e. The first-order valence-corrected chi connectivity index (χ1v) is 6.98. The fraction of sp³-hybridized carbons (Fsp3) is 0.438. The van der Waals surface area contributed by atoms with Gasteiger partial charge in [-0.2, -0.15) is 0 Å². The van der Waals surface area contributed by atoms with Crippen LogP contribution in [0.5, 0.6) is 0 Å². The molecule has 0 amide bonds. The van der Waals surface area contributed by atoms with E-state index in [2.05, 4.69) is 53.1 Å². The fourth-order valence-electron chi connectivity index (χ4n) is 1.82. The van der Waals surface area contributed by atoms with E-state index in [0.717, 1.165) is 31.6 Å². The second-order valence-electron chi connectivity index (χ2n) is 5.16. The Morgan fingerprint density at radius 3 is 2.70 bits per heavy atom. The van der Waals surface area contributed by atoms with Crippen molar-refractivity contribution in [1.29, 1.82) is 0 Å². The lowest BCUT2D eigenvalue weighted by atomic mass is 10.2. The van der Waals surface area contributed by atoms with Gasteiger partial charge in [-0.05, 0) is 32.5 Å². The van der Waals surface area contributed by atoms with Crippen LogP contribution < -0.4 is 11.1 Å². The van der Waals surface area contributed by atoms with Crippen molar-refractivity contribution in [2.75, 3.05) is 26.7 Å². The molecule has 0 aliphatic heterocycles. The van der Waals surface area contributed by atoms with Crippen molar-refractivity contribution < 1.29 is 0 Å². The molecule has 0 fully saturated rings. The molecule has 0 saturated heterocycles. The number of nitrogens with zero attached hydrogens (tertiary/aromatic N) is 2. The maximum Gasteiger partial charge on any atom is 0.188 e. The van der Waals surface area contributed by atoms with E-state index in [4.69, 9.17) is 5.73 Å². The van der Waals surface area contributed by atoms with Gasteiger partial charge in [0, 0.05) is 13.1 Å². The third-order valence-corrected chi connectivity index (χ3v) is 2.84. The quantitative estimate of drug-likeness (QED) is 0.330. The summed E-state index contributed by atoms with van der Waals surface area (Å²) in [6.07, 6.45) is 1.03. The summed E-state index contributed by atoms with van der Waals surface area (Å²) in [6.45, 7) is 9.15. The van der Waals surface area contributed by atoms with Crippen molar-refractivity contribution in [2.24, 2.45) is 10.7 Å². The zero-order chi connectivity index (χ0) is 14.8. The standard InChI is InChI=1S/C16H26N4/c1-14(2)12-19-16(17)18-10-7-11-20(3)13-15-8-5-4-6-9-15/h4-6,8-9H,1,7,10-13H2,2-3H3,(H3,17,18,19). The maximum atomic E-state index is 5.75. The summed E-state index contributed by atoms with van der Waals surface area (Å²) in [5, 5.41) is 3.12. The Bertz CT molecular complexity index is 425. The van der Waals surface area contributed by atoms with Gasteiger partial charge in [-0.15, -0.1) is 0 Å². The molecule has 0 spiro atoms. The average Bonchev–Trinajstić information content (AvgIpc) is 2.42. The van der Waals surface area contributed by atoms with E-state index in [1.807, 2.05) is 13.0 Å². The predicted octanol–water partition coefficient (Wildman–Crippen LogP) is 1.99. The molecule has 0 aliphatic carbocycles. The summed E-state index contributed by atoms with van der Waals surface area (Å²) in [5.74, 6) is 0.499. The number of rotatable bonds is 8. The molecule has 110 valence electrons. The molecule has 3 N–H and O–H groups in total. The SMILES string of the molecule is C=C(C)CN=C(N)NCCCN(C)Cc1ccccc1. The van der Waals surface area contributed by atoms with Crippen molar-refractivity contribution in [3.05, 3.63) is 48.0 Å². The molecule has 1 aromatic rings. The molecule has 0 aromatic heterocycles. The zero-order valence-corrected chi connectivity index (χ0v) is 12.6. The van der Waals surface area contributed by atoms with E-state index in [9.17, 15) is 0 Å². The molecule has 1 aromatic carbocycles. The molecule has 0 saturated carbocycles. The highest BCUT2D eigenvalue weighted by molar-refractivity contribution is 5.77. The number of nitrogens with two attached hydrogens (primary N) is 1. The number of benzene rings is 1. The van der Waals surface area contributed by atoms with Crippen LogP contribution in [0.2, 0.25) is 0 Å². The first-order chi connectivity index (χ1) is 9.58. The topological polar surface area (TPSA) is 53.6 Å². The van der Waals surface area contributed by atoms with Crippen LogP contribution >= 0.6 is 0 Å². The molecule has 20 heavy (non-hydrogen) atoms. The Balaban J connectivity index is 2.14. The lowest BCUT2D eigenvalue weighted by Crippen LogP contribution is -2.34. The first kappa shape index (κ1) is 16.2. The average molecular weight is 274 g/mol. The van der Waals surface area contributed by atoms with Crippen molar-refractivity contribution in [3.8, 4) is 0 Å². The van der Waals surface area contributed by atoms with E-state index in [0.29, 0.717) is 12.5 Å². The molecule has 1 rings (SSSR count). The molecule has 0 radical (unpaired) electrons. The molecular weight excluding hydrogens is 248 g/mol. The Kier molecular flexibility index (Phi) is 7.43. The summed E-state index contributed by atoms with van der Waals surface area (Å²) in [6, 6.07) is 10.5. The van der Waals surface area contributed by atoms with Gasteiger partial charge in [0.25, 0.3) is 0 Å². The molecule has 0 bridgehead atoms. The van der Waals surface area contributed by atoms with E-state index in [1.165, 1.54) is 5.56 Å². The van der Waals surface area contributed by atoms with Crippen LogP contribution in [0, 0.1) is 0 Å². The van der Waals surface area contributed by atoms with E-state index in [-0.39, 0.29) is 0 Å². The van der Waals surface area contributed by atoms with Gasteiger partial charge in [-0.3, -0.25) is 0 Å².